The summed E-state index contributed by atoms with van der Waals surface area (Å²) in [6, 6.07) is 2.29. The summed E-state index contributed by atoms with van der Waals surface area (Å²) in [7, 11) is 1.45. The van der Waals surface area contributed by atoms with Gasteiger partial charge in [-0.2, -0.15) is 0 Å². The zero-order valence-corrected chi connectivity index (χ0v) is 10.2. The van der Waals surface area contributed by atoms with Gasteiger partial charge in [0.2, 0.25) is 0 Å². The molecule has 0 radical (unpaired) electrons. The third kappa shape index (κ3) is 3.33. The van der Waals surface area contributed by atoms with Crippen molar-refractivity contribution < 1.29 is 13.9 Å². The van der Waals surface area contributed by atoms with E-state index < -0.39 is 0 Å². The number of furan rings is 1. The Bertz CT molecular complexity index is 348. The van der Waals surface area contributed by atoms with E-state index in [-0.39, 0.29) is 5.97 Å². The number of nitrogens with zero attached hydrogens (tertiary/aromatic N) is 1. The van der Waals surface area contributed by atoms with Crippen molar-refractivity contribution in [2.24, 2.45) is 0 Å². The average Bonchev–Trinajstić information content (AvgIpc) is 2.84. The molecule has 17 heavy (non-hydrogen) atoms. The molecular formula is C13H19NO3. The van der Waals surface area contributed by atoms with E-state index in [1.54, 1.807) is 12.5 Å². The molecule has 0 N–H and O–H groups in total. The second-order valence-corrected chi connectivity index (χ2v) is 4.53. The van der Waals surface area contributed by atoms with Crippen molar-refractivity contribution >= 4 is 5.97 Å². The van der Waals surface area contributed by atoms with Crippen LogP contribution < -0.4 is 0 Å². The van der Waals surface area contributed by atoms with Crippen LogP contribution in [-0.2, 0) is 16.1 Å². The van der Waals surface area contributed by atoms with Crippen LogP contribution in [0.5, 0.6) is 0 Å². The molecule has 1 aliphatic heterocycles. The second kappa shape index (κ2) is 5.87. The quantitative estimate of drug-likeness (QED) is 0.753. The summed E-state index contributed by atoms with van der Waals surface area (Å²) >= 11 is 0. The minimum Gasteiger partial charge on any atom is -0.472 e. The summed E-state index contributed by atoms with van der Waals surface area (Å²) in [4.78, 5) is 13.7. The number of likely N-dealkylation sites (tertiary alicyclic amines) is 1. The summed E-state index contributed by atoms with van der Waals surface area (Å²) < 4.78 is 9.83. The Morgan fingerprint density at radius 1 is 1.59 bits per heavy atom. The maximum Gasteiger partial charge on any atom is 0.307 e. The van der Waals surface area contributed by atoms with E-state index in [1.807, 2.05) is 6.07 Å². The molecule has 0 saturated carbocycles. The molecule has 4 heteroatoms. The van der Waals surface area contributed by atoms with Gasteiger partial charge in [0, 0.05) is 18.2 Å². The Balaban J connectivity index is 1.94. The van der Waals surface area contributed by atoms with Crippen molar-refractivity contribution in [1.82, 2.24) is 4.90 Å². The van der Waals surface area contributed by atoms with Crippen LogP contribution in [0.2, 0.25) is 0 Å². The number of esters is 1. The van der Waals surface area contributed by atoms with Gasteiger partial charge in [0.15, 0.2) is 0 Å². The SMILES string of the molecule is COC(=O)CC1CCCCN1Cc1ccoc1. The fourth-order valence-electron chi connectivity index (χ4n) is 2.39. The molecule has 94 valence electrons. The van der Waals surface area contributed by atoms with Crippen molar-refractivity contribution in [1.29, 1.82) is 0 Å². The zero-order valence-electron chi connectivity index (χ0n) is 10.2. The smallest absolute Gasteiger partial charge is 0.307 e. The van der Waals surface area contributed by atoms with E-state index in [9.17, 15) is 4.79 Å². The van der Waals surface area contributed by atoms with Gasteiger partial charge in [-0.05, 0) is 25.5 Å². The van der Waals surface area contributed by atoms with E-state index in [0.717, 1.165) is 19.5 Å². The number of hydrogen-bond donors (Lipinski definition) is 0. The monoisotopic (exact) mass is 237 g/mol. The number of methoxy groups -OCH3 is 1. The Morgan fingerprint density at radius 2 is 2.47 bits per heavy atom. The summed E-state index contributed by atoms with van der Waals surface area (Å²) in [5, 5.41) is 0. The molecule has 1 aliphatic rings. The predicted octanol–water partition coefficient (Wildman–Crippen LogP) is 2.20. The number of carbonyl (C=O) groups excluding carboxylic acids is 1. The Kier molecular flexibility index (Phi) is 4.20. The zero-order chi connectivity index (χ0) is 12.1. The fourth-order valence-corrected chi connectivity index (χ4v) is 2.39. The third-order valence-corrected chi connectivity index (χ3v) is 3.34. The van der Waals surface area contributed by atoms with Crippen LogP contribution in [0.4, 0.5) is 0 Å². The number of rotatable bonds is 4. The van der Waals surface area contributed by atoms with Crippen molar-refractivity contribution in [2.45, 2.75) is 38.3 Å². The van der Waals surface area contributed by atoms with Gasteiger partial charge in [-0.15, -0.1) is 0 Å². The minimum absolute atomic E-state index is 0.117. The van der Waals surface area contributed by atoms with Crippen LogP contribution >= 0.6 is 0 Å². The van der Waals surface area contributed by atoms with Gasteiger partial charge >= 0.3 is 5.97 Å². The van der Waals surface area contributed by atoms with E-state index in [4.69, 9.17) is 9.15 Å². The van der Waals surface area contributed by atoms with Gasteiger partial charge in [-0.25, -0.2) is 0 Å². The molecular weight excluding hydrogens is 218 g/mol. The van der Waals surface area contributed by atoms with Gasteiger partial charge < -0.3 is 9.15 Å². The summed E-state index contributed by atoms with van der Waals surface area (Å²) in [6.45, 7) is 1.91. The van der Waals surface area contributed by atoms with Gasteiger partial charge in [0.05, 0.1) is 26.1 Å². The van der Waals surface area contributed by atoms with Crippen LogP contribution in [0.1, 0.15) is 31.2 Å². The average molecular weight is 237 g/mol. The molecule has 4 nitrogen and oxygen atoms in total. The first-order valence-corrected chi connectivity index (χ1v) is 6.11. The van der Waals surface area contributed by atoms with E-state index in [1.165, 1.54) is 25.5 Å². The maximum atomic E-state index is 11.4. The van der Waals surface area contributed by atoms with Gasteiger partial charge in [-0.1, -0.05) is 6.42 Å². The highest BCUT2D eigenvalue weighted by atomic mass is 16.5. The number of piperidine rings is 1. The Labute approximate surface area is 102 Å². The third-order valence-electron chi connectivity index (χ3n) is 3.34. The minimum atomic E-state index is -0.117. The lowest BCUT2D eigenvalue weighted by Gasteiger charge is -2.34. The Morgan fingerprint density at radius 3 is 3.18 bits per heavy atom. The van der Waals surface area contributed by atoms with Crippen LogP contribution in [0, 0.1) is 0 Å². The molecule has 1 atom stereocenters. The van der Waals surface area contributed by atoms with E-state index in [2.05, 4.69) is 4.90 Å². The largest absolute Gasteiger partial charge is 0.472 e. The number of ether oxygens (including phenoxy) is 1. The normalized spacial score (nSPS) is 21.4. The first kappa shape index (κ1) is 12.2. The molecule has 1 saturated heterocycles. The van der Waals surface area contributed by atoms with E-state index in [0.29, 0.717) is 12.5 Å². The highest BCUT2D eigenvalue weighted by Gasteiger charge is 2.25. The highest BCUT2D eigenvalue weighted by molar-refractivity contribution is 5.69. The van der Waals surface area contributed by atoms with Crippen molar-refractivity contribution in [3.05, 3.63) is 24.2 Å². The molecule has 1 aromatic heterocycles. The van der Waals surface area contributed by atoms with Crippen molar-refractivity contribution in [2.75, 3.05) is 13.7 Å². The lowest BCUT2D eigenvalue weighted by Crippen LogP contribution is -2.40. The topological polar surface area (TPSA) is 42.7 Å². The first-order chi connectivity index (χ1) is 8.29. The standard InChI is InChI=1S/C13H19NO3/c1-16-13(15)8-12-4-2-3-6-14(12)9-11-5-7-17-10-11/h5,7,10,12H,2-4,6,8-9H2,1H3. The van der Waals surface area contributed by atoms with Gasteiger partial charge in [0.25, 0.3) is 0 Å². The van der Waals surface area contributed by atoms with Gasteiger partial charge in [-0.3, -0.25) is 9.69 Å². The Hall–Kier alpha value is -1.29. The molecule has 1 unspecified atom stereocenters. The molecule has 0 amide bonds. The van der Waals surface area contributed by atoms with Crippen LogP contribution in [0.3, 0.4) is 0 Å². The summed E-state index contributed by atoms with van der Waals surface area (Å²) in [5.74, 6) is -0.117. The molecule has 0 bridgehead atoms. The molecule has 1 aromatic rings. The maximum absolute atomic E-state index is 11.4. The first-order valence-electron chi connectivity index (χ1n) is 6.11. The lowest BCUT2D eigenvalue weighted by molar-refractivity contribution is -0.142. The summed E-state index contributed by atoms with van der Waals surface area (Å²) in [6.07, 6.45) is 7.43. The molecule has 0 aromatic carbocycles. The van der Waals surface area contributed by atoms with E-state index >= 15 is 0 Å². The predicted molar refractivity (Wildman–Crippen MR) is 63.4 cm³/mol. The number of carbonyl (C=O) groups is 1. The summed E-state index contributed by atoms with van der Waals surface area (Å²) in [5.41, 5.74) is 1.17. The molecule has 0 spiro atoms. The number of hydrogen-bond acceptors (Lipinski definition) is 4. The molecule has 2 heterocycles. The lowest BCUT2D eigenvalue weighted by atomic mass is 9.99. The second-order valence-electron chi connectivity index (χ2n) is 4.53. The molecule has 0 aliphatic carbocycles. The van der Waals surface area contributed by atoms with Crippen molar-refractivity contribution in [3.63, 3.8) is 0 Å². The molecule has 2 rings (SSSR count). The highest BCUT2D eigenvalue weighted by Crippen LogP contribution is 2.22. The van der Waals surface area contributed by atoms with Crippen LogP contribution in [0.25, 0.3) is 0 Å². The van der Waals surface area contributed by atoms with Gasteiger partial charge in [0.1, 0.15) is 0 Å². The molecule has 1 fully saturated rings. The van der Waals surface area contributed by atoms with Crippen molar-refractivity contribution in [3.8, 4) is 0 Å². The van der Waals surface area contributed by atoms with Crippen LogP contribution in [0.15, 0.2) is 23.0 Å². The fraction of sp³-hybridized carbons (Fsp3) is 0.615. The van der Waals surface area contributed by atoms with Crippen LogP contribution in [-0.4, -0.2) is 30.6 Å².